The van der Waals surface area contributed by atoms with Gasteiger partial charge >= 0.3 is 11.9 Å². The smallest absolute Gasteiger partial charge is 0.414 e. The Kier molecular flexibility index (Phi) is 9.88. The normalized spacial score (nSPS) is 19.1. The molecule has 3 rings (SSSR count). The van der Waals surface area contributed by atoms with E-state index in [4.69, 9.17) is 24.5 Å². The second-order valence-electron chi connectivity index (χ2n) is 7.80. The van der Waals surface area contributed by atoms with Crippen molar-refractivity contribution < 1.29 is 33.0 Å². The maximum Gasteiger partial charge on any atom is 0.414 e. The van der Waals surface area contributed by atoms with Crippen molar-refractivity contribution in [2.45, 2.75) is 37.1 Å². The molecular formula is C21H33N3O7S. The van der Waals surface area contributed by atoms with Crippen molar-refractivity contribution in [1.82, 2.24) is 14.1 Å². The van der Waals surface area contributed by atoms with E-state index in [9.17, 15) is 8.42 Å². The molecular weight excluding hydrogens is 438 g/mol. The maximum absolute atomic E-state index is 12.8. The molecule has 180 valence electrons. The molecule has 32 heavy (non-hydrogen) atoms. The van der Waals surface area contributed by atoms with Crippen LogP contribution in [0.4, 0.5) is 0 Å². The first-order valence-corrected chi connectivity index (χ1v) is 12.2. The molecule has 1 aromatic carbocycles. The Labute approximate surface area is 189 Å². The first-order valence-electron chi connectivity index (χ1n) is 10.8. The van der Waals surface area contributed by atoms with Crippen LogP contribution in [0.25, 0.3) is 0 Å². The second kappa shape index (κ2) is 12.1. The lowest BCUT2D eigenvalue weighted by Gasteiger charge is -2.42. The molecule has 0 atom stereocenters. The Hall–Kier alpha value is -2.21. The molecule has 2 aliphatic heterocycles. The number of piperazine rings is 1. The molecule has 0 spiro atoms. The monoisotopic (exact) mass is 471 g/mol. The van der Waals surface area contributed by atoms with Crippen LogP contribution in [0.1, 0.15) is 26.2 Å². The van der Waals surface area contributed by atoms with E-state index in [0.29, 0.717) is 29.8 Å². The Morgan fingerprint density at radius 2 is 1.50 bits per heavy atom. The zero-order valence-electron chi connectivity index (χ0n) is 18.6. The quantitative estimate of drug-likeness (QED) is 0.585. The van der Waals surface area contributed by atoms with Crippen LogP contribution in [-0.4, -0.2) is 104 Å². The predicted molar refractivity (Wildman–Crippen MR) is 118 cm³/mol. The average molecular weight is 472 g/mol. The third-order valence-electron chi connectivity index (χ3n) is 5.77. The molecule has 2 fully saturated rings. The van der Waals surface area contributed by atoms with Gasteiger partial charge in [0.15, 0.2) is 0 Å². The number of aliphatic carboxylic acids is 2. The number of likely N-dealkylation sites (tertiary alicyclic amines) is 1. The van der Waals surface area contributed by atoms with Gasteiger partial charge in [-0.25, -0.2) is 18.0 Å². The van der Waals surface area contributed by atoms with Crippen molar-refractivity contribution in [1.29, 1.82) is 0 Å². The lowest BCUT2D eigenvalue weighted by atomic mass is 10.0. The molecule has 0 saturated carbocycles. The lowest BCUT2D eigenvalue weighted by Crippen LogP contribution is -2.54. The number of carbonyl (C=O) groups is 2. The minimum absolute atomic E-state index is 0.347. The predicted octanol–water partition coefficient (Wildman–Crippen LogP) is 1.03. The van der Waals surface area contributed by atoms with E-state index in [1.54, 1.807) is 35.7 Å². The standard InChI is InChI=1S/C19H31N3O3S.C2H2O4/c1-3-10-20-11-8-17(9-12-20)21-13-15-22(16-14-21)26(23,24)19-6-4-18(25-2)5-7-19;3-1(4)2(5)6/h4-7,17H,3,8-16H2,1-2H3;(H,3,4)(H,5,6). The van der Waals surface area contributed by atoms with Gasteiger partial charge in [-0.05, 0) is 63.2 Å². The number of sulfonamides is 1. The molecule has 2 aliphatic rings. The van der Waals surface area contributed by atoms with Crippen molar-refractivity contribution in [3.05, 3.63) is 24.3 Å². The Balaban J connectivity index is 0.000000534. The highest BCUT2D eigenvalue weighted by molar-refractivity contribution is 7.89. The fraction of sp³-hybridized carbons (Fsp3) is 0.619. The summed E-state index contributed by atoms with van der Waals surface area (Å²) in [5.74, 6) is -2.98. The van der Waals surface area contributed by atoms with Crippen molar-refractivity contribution in [3.8, 4) is 5.75 Å². The lowest BCUT2D eigenvalue weighted by molar-refractivity contribution is -0.159. The number of carboxylic acids is 2. The van der Waals surface area contributed by atoms with E-state index in [-0.39, 0.29) is 0 Å². The fourth-order valence-electron chi connectivity index (χ4n) is 4.03. The number of piperidine rings is 1. The summed E-state index contributed by atoms with van der Waals surface area (Å²) in [7, 11) is -1.84. The molecule has 0 aromatic heterocycles. The molecule has 0 unspecified atom stereocenters. The van der Waals surface area contributed by atoms with E-state index >= 15 is 0 Å². The van der Waals surface area contributed by atoms with Crippen LogP contribution >= 0.6 is 0 Å². The SMILES string of the molecule is CCCN1CCC(N2CCN(S(=O)(=O)c3ccc(OC)cc3)CC2)CC1.O=C(O)C(=O)O. The molecule has 11 heteroatoms. The van der Waals surface area contributed by atoms with Crippen LogP contribution in [-0.2, 0) is 19.6 Å². The van der Waals surface area contributed by atoms with E-state index in [1.807, 2.05) is 0 Å². The topological polar surface area (TPSA) is 128 Å². The van der Waals surface area contributed by atoms with Crippen molar-refractivity contribution >= 4 is 22.0 Å². The first-order chi connectivity index (χ1) is 15.2. The summed E-state index contributed by atoms with van der Waals surface area (Å²) in [6.07, 6.45) is 3.61. The van der Waals surface area contributed by atoms with Crippen LogP contribution < -0.4 is 4.74 Å². The number of methoxy groups -OCH3 is 1. The van der Waals surface area contributed by atoms with Gasteiger partial charge in [-0.15, -0.1) is 0 Å². The molecule has 10 nitrogen and oxygen atoms in total. The number of ether oxygens (including phenoxy) is 1. The van der Waals surface area contributed by atoms with Gasteiger partial charge in [0.1, 0.15) is 5.75 Å². The third kappa shape index (κ3) is 7.16. The van der Waals surface area contributed by atoms with E-state index < -0.39 is 22.0 Å². The summed E-state index contributed by atoms with van der Waals surface area (Å²) in [5, 5.41) is 14.8. The van der Waals surface area contributed by atoms with Crippen molar-refractivity contribution in [2.24, 2.45) is 0 Å². The minimum atomic E-state index is -3.41. The Bertz CT molecular complexity index is 833. The summed E-state index contributed by atoms with van der Waals surface area (Å²) >= 11 is 0. The summed E-state index contributed by atoms with van der Waals surface area (Å²) in [5.41, 5.74) is 0. The van der Waals surface area contributed by atoms with Crippen LogP contribution in [0.5, 0.6) is 5.75 Å². The highest BCUT2D eigenvalue weighted by Gasteiger charge is 2.32. The zero-order chi connectivity index (χ0) is 23.7. The van der Waals surface area contributed by atoms with Gasteiger partial charge < -0.3 is 19.8 Å². The molecule has 2 N–H and O–H groups in total. The van der Waals surface area contributed by atoms with Crippen molar-refractivity contribution in [2.75, 3.05) is 52.9 Å². The molecule has 2 saturated heterocycles. The molecule has 0 bridgehead atoms. The summed E-state index contributed by atoms with van der Waals surface area (Å²) in [6, 6.07) is 7.27. The molecule has 0 radical (unpaired) electrons. The number of nitrogens with zero attached hydrogens (tertiary/aromatic N) is 3. The van der Waals surface area contributed by atoms with Crippen LogP contribution in [0.3, 0.4) is 0 Å². The highest BCUT2D eigenvalue weighted by Crippen LogP contribution is 2.23. The summed E-state index contributed by atoms with van der Waals surface area (Å²) < 4.78 is 32.4. The number of carboxylic acid groups (broad SMARTS) is 2. The van der Waals surface area contributed by atoms with Gasteiger partial charge in [0.2, 0.25) is 10.0 Å². The summed E-state index contributed by atoms with van der Waals surface area (Å²) in [6.45, 7) is 8.57. The average Bonchev–Trinajstić information content (AvgIpc) is 2.80. The Morgan fingerprint density at radius 3 is 1.94 bits per heavy atom. The Morgan fingerprint density at radius 1 is 0.969 bits per heavy atom. The largest absolute Gasteiger partial charge is 0.497 e. The number of hydrogen-bond donors (Lipinski definition) is 2. The molecule has 0 amide bonds. The van der Waals surface area contributed by atoms with Gasteiger partial charge in [0, 0.05) is 32.2 Å². The third-order valence-corrected chi connectivity index (χ3v) is 7.68. The zero-order valence-corrected chi connectivity index (χ0v) is 19.5. The number of benzene rings is 1. The highest BCUT2D eigenvalue weighted by atomic mass is 32.2. The van der Waals surface area contributed by atoms with Gasteiger partial charge in [0.05, 0.1) is 12.0 Å². The minimum Gasteiger partial charge on any atom is -0.497 e. The molecule has 1 aromatic rings. The van der Waals surface area contributed by atoms with E-state index in [2.05, 4.69) is 16.7 Å². The van der Waals surface area contributed by atoms with Gasteiger partial charge in [0.25, 0.3) is 0 Å². The van der Waals surface area contributed by atoms with Crippen LogP contribution in [0.15, 0.2) is 29.2 Å². The first kappa shape index (κ1) is 26.0. The number of rotatable bonds is 6. The number of hydrogen-bond acceptors (Lipinski definition) is 7. The van der Waals surface area contributed by atoms with Crippen molar-refractivity contribution in [3.63, 3.8) is 0 Å². The molecule has 2 heterocycles. The van der Waals surface area contributed by atoms with Gasteiger partial charge in [-0.1, -0.05) is 6.92 Å². The maximum atomic E-state index is 12.8. The van der Waals surface area contributed by atoms with Crippen LogP contribution in [0.2, 0.25) is 0 Å². The van der Waals surface area contributed by atoms with Gasteiger partial charge in [-0.3, -0.25) is 4.90 Å². The van der Waals surface area contributed by atoms with E-state index in [0.717, 1.165) is 13.1 Å². The molecule has 0 aliphatic carbocycles. The second-order valence-corrected chi connectivity index (χ2v) is 9.74. The van der Waals surface area contributed by atoms with Gasteiger partial charge in [-0.2, -0.15) is 4.31 Å². The van der Waals surface area contributed by atoms with Crippen LogP contribution in [0, 0.1) is 0 Å². The van der Waals surface area contributed by atoms with E-state index in [1.165, 1.54) is 38.9 Å². The summed E-state index contributed by atoms with van der Waals surface area (Å²) in [4.78, 5) is 23.6. The fourth-order valence-corrected chi connectivity index (χ4v) is 5.45.